The van der Waals surface area contributed by atoms with Gasteiger partial charge in [0.15, 0.2) is 10.3 Å². The van der Waals surface area contributed by atoms with E-state index in [4.69, 9.17) is 5.26 Å². The molecule has 0 aliphatic rings. The second-order valence-corrected chi connectivity index (χ2v) is 5.14. The van der Waals surface area contributed by atoms with E-state index in [2.05, 4.69) is 19.9 Å². The molecular weight excluding hydrogens is 274 g/mol. The number of nitrogens with one attached hydrogen (secondary N) is 1. The van der Waals surface area contributed by atoms with Crippen molar-refractivity contribution in [3.63, 3.8) is 0 Å². The maximum Gasteiger partial charge on any atom is 0.251 e. The number of aromatic amines is 1. The normalized spacial score (nSPS) is 10.2. The molecule has 0 spiro atoms. The highest BCUT2D eigenvalue weighted by Gasteiger charge is 2.07. The van der Waals surface area contributed by atoms with Crippen molar-refractivity contribution in [2.24, 2.45) is 0 Å². The molecule has 0 amide bonds. The molecular formula is C13H13N5OS. The highest BCUT2D eigenvalue weighted by atomic mass is 32.2. The molecule has 0 fully saturated rings. The minimum atomic E-state index is -0.195. The van der Waals surface area contributed by atoms with Crippen LogP contribution in [0.1, 0.15) is 30.4 Å². The summed E-state index contributed by atoms with van der Waals surface area (Å²) in [7, 11) is 0. The monoisotopic (exact) mass is 287 g/mol. The van der Waals surface area contributed by atoms with E-state index in [1.807, 2.05) is 13.0 Å². The topological polar surface area (TPSA) is 95.3 Å². The fraction of sp³-hybridized carbons (Fsp3) is 0.308. The summed E-state index contributed by atoms with van der Waals surface area (Å²) in [6.45, 7) is 3.81. The van der Waals surface area contributed by atoms with Gasteiger partial charge in [-0.25, -0.2) is 15.0 Å². The number of aryl methyl sites for hydroxylation is 2. The van der Waals surface area contributed by atoms with Crippen LogP contribution in [0.4, 0.5) is 0 Å². The first-order chi connectivity index (χ1) is 9.60. The third-order valence-electron chi connectivity index (χ3n) is 2.42. The predicted molar refractivity (Wildman–Crippen MR) is 74.5 cm³/mol. The second-order valence-electron chi connectivity index (χ2n) is 4.18. The standard InChI is InChI=1S/C13H13N5OS/c1-3-4-9-6-11(19)18-13(16-9)20-12-15-8(2)5-10(7-14)17-12/h5-6H,3-4H2,1-2H3,(H,16,18,19). The lowest BCUT2D eigenvalue weighted by Crippen LogP contribution is -2.10. The van der Waals surface area contributed by atoms with Crippen molar-refractivity contribution in [3.8, 4) is 6.07 Å². The third kappa shape index (κ3) is 3.65. The van der Waals surface area contributed by atoms with Crippen molar-refractivity contribution in [1.82, 2.24) is 19.9 Å². The molecule has 0 aliphatic heterocycles. The Morgan fingerprint density at radius 3 is 2.85 bits per heavy atom. The molecule has 0 unspecified atom stereocenters. The molecule has 0 aliphatic carbocycles. The summed E-state index contributed by atoms with van der Waals surface area (Å²) in [6.07, 6.45) is 1.66. The van der Waals surface area contributed by atoms with Gasteiger partial charge in [0.25, 0.3) is 5.56 Å². The van der Waals surface area contributed by atoms with Gasteiger partial charge in [0.1, 0.15) is 11.8 Å². The molecule has 0 bridgehead atoms. The molecule has 6 nitrogen and oxygen atoms in total. The van der Waals surface area contributed by atoms with Crippen molar-refractivity contribution >= 4 is 11.8 Å². The molecule has 2 aromatic heterocycles. The van der Waals surface area contributed by atoms with Crippen LogP contribution in [0.2, 0.25) is 0 Å². The fourth-order valence-corrected chi connectivity index (χ4v) is 2.47. The molecule has 0 saturated carbocycles. The molecule has 102 valence electrons. The van der Waals surface area contributed by atoms with Crippen LogP contribution in [-0.4, -0.2) is 19.9 Å². The highest BCUT2D eigenvalue weighted by Crippen LogP contribution is 2.20. The number of rotatable bonds is 4. The minimum Gasteiger partial charge on any atom is -0.301 e. The van der Waals surface area contributed by atoms with E-state index >= 15 is 0 Å². The Morgan fingerprint density at radius 2 is 2.15 bits per heavy atom. The SMILES string of the molecule is CCCc1cc(=O)[nH]c(Sc2nc(C)cc(C#N)n2)n1. The summed E-state index contributed by atoms with van der Waals surface area (Å²) in [5, 5.41) is 9.73. The molecule has 1 N–H and O–H groups in total. The lowest BCUT2D eigenvalue weighted by molar-refractivity contribution is 0.811. The molecule has 2 rings (SSSR count). The quantitative estimate of drug-likeness (QED) is 0.862. The van der Waals surface area contributed by atoms with E-state index in [-0.39, 0.29) is 5.56 Å². The van der Waals surface area contributed by atoms with Gasteiger partial charge in [0, 0.05) is 17.5 Å². The van der Waals surface area contributed by atoms with Gasteiger partial charge >= 0.3 is 0 Å². The number of nitriles is 1. The van der Waals surface area contributed by atoms with Crippen LogP contribution in [0, 0.1) is 18.3 Å². The average Bonchev–Trinajstić information content (AvgIpc) is 2.37. The first-order valence-electron chi connectivity index (χ1n) is 6.14. The molecule has 7 heteroatoms. The second kappa shape index (κ2) is 6.30. The van der Waals surface area contributed by atoms with Crippen LogP contribution in [0.3, 0.4) is 0 Å². The summed E-state index contributed by atoms with van der Waals surface area (Å²) >= 11 is 1.15. The summed E-state index contributed by atoms with van der Waals surface area (Å²) in [4.78, 5) is 26.9. The number of H-pyrrole nitrogens is 1. The molecule has 0 aromatic carbocycles. The first kappa shape index (κ1) is 14.2. The highest BCUT2D eigenvalue weighted by molar-refractivity contribution is 7.99. The van der Waals surface area contributed by atoms with Crippen LogP contribution in [-0.2, 0) is 6.42 Å². The third-order valence-corrected chi connectivity index (χ3v) is 3.17. The van der Waals surface area contributed by atoms with Crippen LogP contribution < -0.4 is 5.56 Å². The Bertz CT molecular complexity index is 719. The summed E-state index contributed by atoms with van der Waals surface area (Å²) in [5.41, 5.74) is 1.55. The van der Waals surface area contributed by atoms with E-state index in [1.54, 1.807) is 13.0 Å². The van der Waals surface area contributed by atoms with E-state index in [0.717, 1.165) is 30.3 Å². The van der Waals surface area contributed by atoms with Crippen molar-refractivity contribution in [2.45, 2.75) is 37.0 Å². The summed E-state index contributed by atoms with van der Waals surface area (Å²) in [6, 6.07) is 5.08. The minimum absolute atomic E-state index is 0.195. The number of hydrogen-bond donors (Lipinski definition) is 1. The maximum atomic E-state index is 11.6. The van der Waals surface area contributed by atoms with Gasteiger partial charge in [-0.05, 0) is 31.2 Å². The van der Waals surface area contributed by atoms with Crippen LogP contribution in [0.25, 0.3) is 0 Å². The Balaban J connectivity index is 2.32. The lowest BCUT2D eigenvalue weighted by Gasteiger charge is -2.03. The lowest BCUT2D eigenvalue weighted by atomic mass is 10.2. The maximum absolute atomic E-state index is 11.6. The van der Waals surface area contributed by atoms with Gasteiger partial charge in [-0.1, -0.05) is 13.3 Å². The zero-order valence-electron chi connectivity index (χ0n) is 11.2. The molecule has 0 atom stereocenters. The number of nitrogens with zero attached hydrogens (tertiary/aromatic N) is 4. The molecule has 0 saturated heterocycles. The number of aromatic nitrogens is 4. The van der Waals surface area contributed by atoms with Gasteiger partial charge < -0.3 is 4.98 Å². The van der Waals surface area contributed by atoms with Crippen molar-refractivity contribution in [2.75, 3.05) is 0 Å². The fourth-order valence-electron chi connectivity index (χ4n) is 1.65. The van der Waals surface area contributed by atoms with Crippen LogP contribution in [0.15, 0.2) is 27.2 Å². The van der Waals surface area contributed by atoms with Gasteiger partial charge in [-0.15, -0.1) is 0 Å². The van der Waals surface area contributed by atoms with E-state index in [0.29, 0.717) is 21.7 Å². The Labute approximate surface area is 120 Å². The van der Waals surface area contributed by atoms with Crippen molar-refractivity contribution in [1.29, 1.82) is 5.26 Å². The Hall–Kier alpha value is -2.20. The zero-order chi connectivity index (χ0) is 14.5. The van der Waals surface area contributed by atoms with E-state index in [1.165, 1.54) is 6.07 Å². The summed E-state index contributed by atoms with van der Waals surface area (Å²) in [5.74, 6) is 0. The van der Waals surface area contributed by atoms with Gasteiger partial charge in [-0.2, -0.15) is 5.26 Å². The molecule has 20 heavy (non-hydrogen) atoms. The Kier molecular flexibility index (Phi) is 4.48. The van der Waals surface area contributed by atoms with Gasteiger partial charge in [0.05, 0.1) is 0 Å². The van der Waals surface area contributed by atoms with Gasteiger partial charge in [-0.3, -0.25) is 4.79 Å². The van der Waals surface area contributed by atoms with Crippen molar-refractivity contribution in [3.05, 3.63) is 39.6 Å². The van der Waals surface area contributed by atoms with E-state index < -0.39 is 0 Å². The van der Waals surface area contributed by atoms with Crippen LogP contribution in [0.5, 0.6) is 0 Å². The first-order valence-corrected chi connectivity index (χ1v) is 6.96. The Morgan fingerprint density at radius 1 is 1.35 bits per heavy atom. The van der Waals surface area contributed by atoms with Crippen molar-refractivity contribution < 1.29 is 0 Å². The average molecular weight is 287 g/mol. The molecule has 0 radical (unpaired) electrons. The molecule has 2 aromatic rings. The summed E-state index contributed by atoms with van der Waals surface area (Å²) < 4.78 is 0. The van der Waals surface area contributed by atoms with Crippen LogP contribution >= 0.6 is 11.8 Å². The zero-order valence-corrected chi connectivity index (χ0v) is 12.0. The number of hydrogen-bond acceptors (Lipinski definition) is 6. The van der Waals surface area contributed by atoms with Gasteiger partial charge in [0.2, 0.25) is 0 Å². The predicted octanol–water partition coefficient (Wildman–Crippen LogP) is 1.84. The smallest absolute Gasteiger partial charge is 0.251 e. The molecule has 2 heterocycles. The largest absolute Gasteiger partial charge is 0.301 e. The van der Waals surface area contributed by atoms with E-state index in [9.17, 15) is 4.79 Å².